The molecule has 0 fully saturated rings. The molecule has 0 radical (unpaired) electrons. The summed E-state index contributed by atoms with van der Waals surface area (Å²) >= 11 is 3.35. The van der Waals surface area contributed by atoms with Gasteiger partial charge in [-0.3, -0.25) is 0 Å². The molecule has 0 aliphatic carbocycles. The van der Waals surface area contributed by atoms with Gasteiger partial charge in [0.2, 0.25) is 0 Å². The van der Waals surface area contributed by atoms with Crippen LogP contribution in [0.3, 0.4) is 0 Å². The lowest BCUT2D eigenvalue weighted by Crippen LogP contribution is -2.12. The molecule has 1 aromatic rings. The smallest absolute Gasteiger partial charge is 0.383 e. The van der Waals surface area contributed by atoms with Gasteiger partial charge in [-0.25, -0.2) is 0 Å². The SMILES string of the molecule is FC(F)(F)CCCOCCNc1cccc(Br)c1. The molecule has 6 heteroatoms. The van der Waals surface area contributed by atoms with Crippen molar-refractivity contribution in [3.8, 4) is 0 Å². The zero-order valence-corrected chi connectivity index (χ0v) is 11.4. The third-order valence-corrected chi connectivity index (χ3v) is 2.64. The summed E-state index contributed by atoms with van der Waals surface area (Å²) < 4.78 is 41.5. The highest BCUT2D eigenvalue weighted by molar-refractivity contribution is 9.10. The van der Waals surface area contributed by atoms with Crippen molar-refractivity contribution in [1.82, 2.24) is 0 Å². The van der Waals surface area contributed by atoms with E-state index >= 15 is 0 Å². The van der Waals surface area contributed by atoms with Crippen LogP contribution in [0.15, 0.2) is 28.7 Å². The fourth-order valence-corrected chi connectivity index (χ4v) is 1.74. The Balaban J connectivity index is 2.02. The van der Waals surface area contributed by atoms with Crippen molar-refractivity contribution in [3.63, 3.8) is 0 Å². The number of nitrogens with one attached hydrogen (secondary N) is 1. The van der Waals surface area contributed by atoms with Crippen LogP contribution in [0.2, 0.25) is 0 Å². The summed E-state index contributed by atoms with van der Waals surface area (Å²) in [7, 11) is 0. The van der Waals surface area contributed by atoms with Crippen LogP contribution in [-0.2, 0) is 4.74 Å². The molecular formula is C12H15BrF3NO. The molecule has 0 heterocycles. The third kappa shape index (κ3) is 7.55. The number of hydrogen-bond acceptors (Lipinski definition) is 2. The van der Waals surface area contributed by atoms with Crippen LogP contribution in [0.1, 0.15) is 12.8 Å². The summed E-state index contributed by atoms with van der Waals surface area (Å²) in [6, 6.07) is 7.65. The van der Waals surface area contributed by atoms with Gasteiger partial charge in [-0.1, -0.05) is 22.0 Å². The topological polar surface area (TPSA) is 21.3 Å². The number of anilines is 1. The van der Waals surface area contributed by atoms with Crippen LogP contribution in [0.5, 0.6) is 0 Å². The third-order valence-electron chi connectivity index (χ3n) is 2.15. The minimum absolute atomic E-state index is 0.0143. The van der Waals surface area contributed by atoms with Crippen molar-refractivity contribution < 1.29 is 17.9 Å². The minimum Gasteiger partial charge on any atom is -0.383 e. The molecule has 0 aliphatic heterocycles. The largest absolute Gasteiger partial charge is 0.389 e. The van der Waals surface area contributed by atoms with E-state index in [1.807, 2.05) is 24.3 Å². The Morgan fingerprint density at radius 3 is 2.67 bits per heavy atom. The Morgan fingerprint density at radius 2 is 2.00 bits per heavy atom. The van der Waals surface area contributed by atoms with Crippen LogP contribution >= 0.6 is 15.9 Å². The average Bonchev–Trinajstić information content (AvgIpc) is 2.26. The van der Waals surface area contributed by atoms with E-state index < -0.39 is 12.6 Å². The lowest BCUT2D eigenvalue weighted by Gasteiger charge is -2.08. The first-order valence-electron chi connectivity index (χ1n) is 5.61. The van der Waals surface area contributed by atoms with Gasteiger partial charge in [-0.05, 0) is 24.6 Å². The first-order chi connectivity index (χ1) is 8.47. The van der Waals surface area contributed by atoms with Crippen LogP contribution in [0, 0.1) is 0 Å². The lowest BCUT2D eigenvalue weighted by atomic mass is 10.3. The van der Waals surface area contributed by atoms with Gasteiger partial charge in [0.1, 0.15) is 0 Å². The highest BCUT2D eigenvalue weighted by Gasteiger charge is 2.25. The fourth-order valence-electron chi connectivity index (χ4n) is 1.34. The zero-order chi connectivity index (χ0) is 13.4. The molecule has 0 spiro atoms. The second-order valence-corrected chi connectivity index (χ2v) is 4.68. The number of alkyl halides is 3. The van der Waals surface area contributed by atoms with Crippen molar-refractivity contribution in [2.75, 3.05) is 25.1 Å². The van der Waals surface area contributed by atoms with E-state index in [2.05, 4.69) is 21.2 Å². The number of rotatable bonds is 7. The Bertz CT molecular complexity index is 357. The monoisotopic (exact) mass is 325 g/mol. The fraction of sp³-hybridized carbons (Fsp3) is 0.500. The molecule has 0 unspecified atom stereocenters. The number of hydrogen-bond donors (Lipinski definition) is 1. The first kappa shape index (κ1) is 15.3. The maximum atomic E-state index is 11.8. The molecule has 0 atom stereocenters. The molecule has 18 heavy (non-hydrogen) atoms. The predicted octanol–water partition coefficient (Wildman–Crippen LogP) is 4.22. The Hall–Kier alpha value is -0.750. The molecule has 0 saturated heterocycles. The number of ether oxygens (including phenoxy) is 1. The molecule has 0 amide bonds. The lowest BCUT2D eigenvalue weighted by molar-refractivity contribution is -0.137. The van der Waals surface area contributed by atoms with E-state index in [0.29, 0.717) is 13.2 Å². The summed E-state index contributed by atoms with van der Waals surface area (Å²) in [5.41, 5.74) is 0.947. The Labute approximate surface area is 113 Å². The van der Waals surface area contributed by atoms with Crippen LogP contribution in [0.4, 0.5) is 18.9 Å². The molecule has 1 rings (SSSR count). The van der Waals surface area contributed by atoms with E-state index in [0.717, 1.165) is 10.2 Å². The summed E-state index contributed by atoms with van der Waals surface area (Å²) in [5.74, 6) is 0. The van der Waals surface area contributed by atoms with Gasteiger partial charge in [-0.2, -0.15) is 13.2 Å². The second-order valence-electron chi connectivity index (χ2n) is 3.77. The molecule has 0 saturated carbocycles. The predicted molar refractivity (Wildman–Crippen MR) is 68.7 cm³/mol. The van der Waals surface area contributed by atoms with Crippen molar-refractivity contribution in [2.24, 2.45) is 0 Å². The molecule has 0 bridgehead atoms. The Morgan fingerprint density at radius 1 is 1.22 bits per heavy atom. The zero-order valence-electron chi connectivity index (χ0n) is 9.77. The van der Waals surface area contributed by atoms with Crippen LogP contribution < -0.4 is 5.32 Å². The molecule has 0 aliphatic rings. The summed E-state index contributed by atoms with van der Waals surface area (Å²) in [5, 5.41) is 3.12. The number of halogens is 4. The van der Waals surface area contributed by atoms with E-state index in [-0.39, 0.29) is 13.0 Å². The maximum Gasteiger partial charge on any atom is 0.389 e. The second kappa shape index (κ2) is 7.63. The molecule has 102 valence electrons. The number of benzene rings is 1. The van der Waals surface area contributed by atoms with Gasteiger partial charge in [0, 0.05) is 29.7 Å². The summed E-state index contributed by atoms with van der Waals surface area (Å²) in [6.45, 7) is 1.10. The van der Waals surface area contributed by atoms with Gasteiger partial charge < -0.3 is 10.1 Å². The van der Waals surface area contributed by atoms with Gasteiger partial charge in [0.05, 0.1) is 6.61 Å². The van der Waals surface area contributed by atoms with Gasteiger partial charge >= 0.3 is 6.18 Å². The highest BCUT2D eigenvalue weighted by Crippen LogP contribution is 2.21. The maximum absolute atomic E-state index is 11.8. The van der Waals surface area contributed by atoms with E-state index in [9.17, 15) is 13.2 Å². The molecular weight excluding hydrogens is 311 g/mol. The van der Waals surface area contributed by atoms with Crippen molar-refractivity contribution in [2.45, 2.75) is 19.0 Å². The van der Waals surface area contributed by atoms with Gasteiger partial charge in [-0.15, -0.1) is 0 Å². The molecule has 0 aromatic heterocycles. The standard InChI is InChI=1S/C12H15BrF3NO/c13-10-3-1-4-11(9-10)17-6-8-18-7-2-5-12(14,15)16/h1,3-4,9,17H,2,5-8H2. The van der Waals surface area contributed by atoms with E-state index in [4.69, 9.17) is 4.74 Å². The molecule has 1 N–H and O–H groups in total. The van der Waals surface area contributed by atoms with Crippen LogP contribution in [0.25, 0.3) is 0 Å². The molecule has 2 nitrogen and oxygen atoms in total. The molecule has 1 aromatic carbocycles. The Kier molecular flexibility index (Phi) is 6.49. The first-order valence-corrected chi connectivity index (χ1v) is 6.40. The quantitative estimate of drug-likeness (QED) is 0.758. The van der Waals surface area contributed by atoms with Crippen molar-refractivity contribution in [1.29, 1.82) is 0 Å². The highest BCUT2D eigenvalue weighted by atomic mass is 79.9. The van der Waals surface area contributed by atoms with Gasteiger partial charge in [0.15, 0.2) is 0 Å². The average molecular weight is 326 g/mol. The summed E-state index contributed by atoms with van der Waals surface area (Å²) in [4.78, 5) is 0. The minimum atomic E-state index is -4.09. The van der Waals surface area contributed by atoms with Crippen LogP contribution in [-0.4, -0.2) is 25.9 Å². The summed E-state index contributed by atoms with van der Waals surface area (Å²) in [6.07, 6.45) is -4.86. The van der Waals surface area contributed by atoms with E-state index in [1.54, 1.807) is 0 Å². The van der Waals surface area contributed by atoms with Crippen molar-refractivity contribution in [3.05, 3.63) is 28.7 Å². The van der Waals surface area contributed by atoms with Crippen molar-refractivity contribution >= 4 is 21.6 Å². The van der Waals surface area contributed by atoms with Gasteiger partial charge in [0.25, 0.3) is 0 Å². The van der Waals surface area contributed by atoms with E-state index in [1.165, 1.54) is 0 Å². The normalized spacial score (nSPS) is 11.6.